The number of hydrogen-bond donors (Lipinski definition) is 2. The zero-order valence-electron chi connectivity index (χ0n) is 19.6. The van der Waals surface area contributed by atoms with E-state index in [-0.39, 0.29) is 6.04 Å². The molecule has 0 spiro atoms. The lowest BCUT2D eigenvalue weighted by Gasteiger charge is -2.36. The van der Waals surface area contributed by atoms with Crippen LogP contribution in [0.25, 0.3) is 0 Å². The van der Waals surface area contributed by atoms with Crippen molar-refractivity contribution in [3.63, 3.8) is 0 Å². The van der Waals surface area contributed by atoms with Gasteiger partial charge in [0.15, 0.2) is 5.11 Å². The van der Waals surface area contributed by atoms with Gasteiger partial charge in [0.05, 0.1) is 6.04 Å². The van der Waals surface area contributed by atoms with E-state index >= 15 is 0 Å². The number of nitrogens with zero attached hydrogens (tertiary/aromatic N) is 4. The summed E-state index contributed by atoms with van der Waals surface area (Å²) in [5.41, 5.74) is 1.19. The highest BCUT2D eigenvalue weighted by molar-refractivity contribution is 7.80. The maximum absolute atomic E-state index is 5.62. The zero-order valence-corrected chi connectivity index (χ0v) is 20.4. The maximum Gasteiger partial charge on any atom is 0.232 e. The van der Waals surface area contributed by atoms with Gasteiger partial charge in [0.25, 0.3) is 0 Å². The molecule has 2 aliphatic heterocycles. The Bertz CT molecular complexity index is 897. The van der Waals surface area contributed by atoms with Crippen molar-refractivity contribution in [2.75, 3.05) is 34.8 Å². The number of thiocarbonyl (C=S) groups is 1. The van der Waals surface area contributed by atoms with Crippen molar-refractivity contribution >= 4 is 34.9 Å². The smallest absolute Gasteiger partial charge is 0.232 e. The van der Waals surface area contributed by atoms with E-state index in [1.54, 1.807) is 0 Å². The Hall–Kier alpha value is -2.41. The van der Waals surface area contributed by atoms with E-state index in [9.17, 15) is 0 Å². The number of rotatable bonds is 5. The molecule has 4 rings (SSSR count). The van der Waals surface area contributed by atoms with E-state index in [1.165, 1.54) is 37.7 Å². The molecule has 0 bridgehead atoms. The Balaban J connectivity index is 1.53. The van der Waals surface area contributed by atoms with E-state index < -0.39 is 0 Å². The van der Waals surface area contributed by atoms with E-state index in [4.69, 9.17) is 22.2 Å². The molecule has 6 nitrogen and oxygen atoms in total. The van der Waals surface area contributed by atoms with Crippen LogP contribution in [0, 0.1) is 5.92 Å². The summed E-state index contributed by atoms with van der Waals surface area (Å²) in [6.45, 7) is 9.87. The minimum Gasteiger partial charge on any atom is -0.356 e. The average molecular weight is 453 g/mol. The lowest BCUT2D eigenvalue weighted by Crippen LogP contribution is -2.39. The molecule has 0 amide bonds. The van der Waals surface area contributed by atoms with Gasteiger partial charge in [0, 0.05) is 31.7 Å². The summed E-state index contributed by atoms with van der Waals surface area (Å²) in [6, 6.07) is 13.1. The van der Waals surface area contributed by atoms with Crippen molar-refractivity contribution in [1.82, 2.24) is 15.3 Å². The van der Waals surface area contributed by atoms with Gasteiger partial charge in [-0.2, -0.15) is 9.97 Å². The predicted octanol–water partition coefficient (Wildman–Crippen LogP) is 5.14. The second-order valence-electron chi connectivity index (χ2n) is 9.35. The van der Waals surface area contributed by atoms with Crippen LogP contribution < -0.4 is 20.4 Å². The van der Waals surface area contributed by atoms with Crippen molar-refractivity contribution in [2.24, 2.45) is 5.92 Å². The van der Waals surface area contributed by atoms with Crippen LogP contribution in [-0.2, 0) is 0 Å². The summed E-state index contributed by atoms with van der Waals surface area (Å²) in [5, 5.41) is 7.19. The fourth-order valence-electron chi connectivity index (χ4n) is 4.62. The Morgan fingerprint density at radius 1 is 1.00 bits per heavy atom. The van der Waals surface area contributed by atoms with Crippen LogP contribution in [0.5, 0.6) is 0 Å². The zero-order chi connectivity index (χ0) is 22.5. The SMILES string of the molecule is CC1CCN(c2cc(N3CCCC[C@@H]3C)nc(NC(=S)N[C@H](C)c3ccccc3)n2)CC1. The van der Waals surface area contributed by atoms with Gasteiger partial charge in [0.1, 0.15) is 11.6 Å². The quantitative estimate of drug-likeness (QED) is 0.609. The molecule has 3 heterocycles. The van der Waals surface area contributed by atoms with Crippen molar-refractivity contribution in [2.45, 2.75) is 65.0 Å². The molecule has 0 aliphatic carbocycles. The van der Waals surface area contributed by atoms with E-state index in [1.807, 2.05) is 18.2 Å². The first-order valence-electron chi connectivity index (χ1n) is 12.0. The molecule has 0 unspecified atom stereocenters. The molecule has 2 aliphatic rings. The average Bonchev–Trinajstić information content (AvgIpc) is 2.80. The van der Waals surface area contributed by atoms with Crippen molar-refractivity contribution in [1.29, 1.82) is 0 Å². The predicted molar refractivity (Wildman–Crippen MR) is 138 cm³/mol. The third kappa shape index (κ3) is 5.68. The summed E-state index contributed by atoms with van der Waals surface area (Å²) in [4.78, 5) is 14.6. The van der Waals surface area contributed by atoms with Gasteiger partial charge in [-0.1, -0.05) is 37.3 Å². The minimum atomic E-state index is 0.101. The lowest BCUT2D eigenvalue weighted by atomic mass is 9.99. The van der Waals surface area contributed by atoms with Crippen LogP contribution in [0.4, 0.5) is 17.6 Å². The number of nitrogens with one attached hydrogen (secondary N) is 2. The highest BCUT2D eigenvalue weighted by Gasteiger charge is 2.24. The number of anilines is 3. The Morgan fingerprint density at radius 2 is 1.72 bits per heavy atom. The van der Waals surface area contributed by atoms with Gasteiger partial charge in [-0.25, -0.2) is 0 Å². The van der Waals surface area contributed by atoms with E-state index in [2.05, 4.69) is 59.4 Å². The summed E-state index contributed by atoms with van der Waals surface area (Å²) < 4.78 is 0. The Kier molecular flexibility index (Phi) is 7.45. The molecule has 2 saturated heterocycles. The molecule has 32 heavy (non-hydrogen) atoms. The number of aromatic nitrogens is 2. The van der Waals surface area contributed by atoms with Crippen molar-refractivity contribution in [3.8, 4) is 0 Å². The molecule has 2 aromatic rings. The first-order valence-corrected chi connectivity index (χ1v) is 12.4. The number of piperidine rings is 2. The van der Waals surface area contributed by atoms with E-state index in [0.717, 1.165) is 37.2 Å². The first kappa shape index (κ1) is 22.8. The molecule has 0 saturated carbocycles. The second kappa shape index (κ2) is 10.5. The molecule has 2 fully saturated rings. The molecule has 7 heteroatoms. The summed E-state index contributed by atoms with van der Waals surface area (Å²) in [5.74, 6) is 3.36. The molecule has 2 N–H and O–H groups in total. The fourth-order valence-corrected chi connectivity index (χ4v) is 4.89. The summed E-state index contributed by atoms with van der Waals surface area (Å²) >= 11 is 5.62. The molecular weight excluding hydrogens is 416 g/mol. The maximum atomic E-state index is 5.62. The fraction of sp³-hybridized carbons (Fsp3) is 0.560. The third-order valence-corrected chi connectivity index (χ3v) is 7.00. The van der Waals surface area contributed by atoms with Crippen LogP contribution in [-0.4, -0.2) is 40.8 Å². The molecule has 1 aromatic carbocycles. The van der Waals surface area contributed by atoms with Gasteiger partial charge >= 0.3 is 0 Å². The third-order valence-electron chi connectivity index (χ3n) is 6.78. The largest absolute Gasteiger partial charge is 0.356 e. The Morgan fingerprint density at radius 3 is 2.44 bits per heavy atom. The number of benzene rings is 1. The molecule has 172 valence electrons. The number of hydrogen-bond acceptors (Lipinski definition) is 5. The molecule has 0 radical (unpaired) electrons. The van der Waals surface area contributed by atoms with Crippen LogP contribution in [0.15, 0.2) is 36.4 Å². The van der Waals surface area contributed by atoms with Gasteiger partial charge < -0.3 is 20.4 Å². The molecule has 2 atom stereocenters. The molecule has 1 aromatic heterocycles. The summed E-state index contributed by atoms with van der Waals surface area (Å²) in [7, 11) is 0. The van der Waals surface area contributed by atoms with Gasteiger partial charge in [-0.05, 0) is 69.7 Å². The minimum absolute atomic E-state index is 0.101. The van der Waals surface area contributed by atoms with E-state index in [0.29, 0.717) is 17.1 Å². The van der Waals surface area contributed by atoms with Gasteiger partial charge in [-0.3, -0.25) is 0 Å². The molecular formula is C25H36N6S. The highest BCUT2D eigenvalue weighted by Crippen LogP contribution is 2.29. The highest BCUT2D eigenvalue weighted by atomic mass is 32.1. The normalized spacial score (nSPS) is 20.7. The van der Waals surface area contributed by atoms with Crippen LogP contribution in [0.1, 0.15) is 64.5 Å². The summed E-state index contributed by atoms with van der Waals surface area (Å²) in [6.07, 6.45) is 6.11. The standard InChI is InChI=1S/C25H36N6S/c1-18-12-15-30(16-13-18)22-17-23(31-14-8-7-9-19(31)2)28-24(27-22)29-25(32)26-20(3)21-10-5-4-6-11-21/h4-6,10-11,17-20H,7-9,12-16H2,1-3H3,(H2,26,27,28,29,32)/t19-,20+/m0/s1. The van der Waals surface area contributed by atoms with Crippen LogP contribution in [0.3, 0.4) is 0 Å². The first-order chi connectivity index (χ1) is 15.5. The lowest BCUT2D eigenvalue weighted by molar-refractivity contribution is 0.436. The Labute approximate surface area is 197 Å². The van der Waals surface area contributed by atoms with Crippen LogP contribution >= 0.6 is 12.2 Å². The van der Waals surface area contributed by atoms with Crippen LogP contribution in [0.2, 0.25) is 0 Å². The second-order valence-corrected chi connectivity index (χ2v) is 9.75. The van der Waals surface area contributed by atoms with Crippen molar-refractivity contribution in [3.05, 3.63) is 42.0 Å². The topological polar surface area (TPSA) is 56.3 Å². The van der Waals surface area contributed by atoms with Crippen molar-refractivity contribution < 1.29 is 0 Å². The van der Waals surface area contributed by atoms with Gasteiger partial charge in [0.2, 0.25) is 5.95 Å². The van der Waals surface area contributed by atoms with Gasteiger partial charge in [-0.15, -0.1) is 0 Å². The monoisotopic (exact) mass is 452 g/mol.